The topological polar surface area (TPSA) is 76.0 Å². The van der Waals surface area contributed by atoms with E-state index in [4.69, 9.17) is 0 Å². The van der Waals surface area contributed by atoms with E-state index in [0.29, 0.717) is 18.9 Å². The largest absolute Gasteiger partial charge is 0.347 e. The first-order valence-electron chi connectivity index (χ1n) is 8.82. The van der Waals surface area contributed by atoms with E-state index < -0.39 is 0 Å². The molecule has 7 heteroatoms. The smallest absolute Gasteiger partial charge is 0.326 e. The maximum absolute atomic E-state index is 12.2. The fourth-order valence-electron chi connectivity index (χ4n) is 3.18. The van der Waals surface area contributed by atoms with E-state index in [-0.39, 0.29) is 24.0 Å². The molecule has 2 heterocycles. The predicted molar refractivity (Wildman–Crippen MR) is 105 cm³/mol. The van der Waals surface area contributed by atoms with Crippen LogP contribution >= 0.6 is 12.4 Å². The number of carbonyl (C=O) groups excluding carboxylic acids is 1. The number of nitrogens with one attached hydrogen (secondary N) is 2. The van der Waals surface area contributed by atoms with Gasteiger partial charge in [-0.3, -0.25) is 9.36 Å². The van der Waals surface area contributed by atoms with Gasteiger partial charge in [-0.15, -0.1) is 12.4 Å². The molecule has 26 heavy (non-hydrogen) atoms. The highest BCUT2D eigenvalue weighted by atomic mass is 35.5. The van der Waals surface area contributed by atoms with Gasteiger partial charge in [0.2, 0.25) is 5.91 Å². The summed E-state index contributed by atoms with van der Waals surface area (Å²) < 4.78 is 1.54. The molecule has 1 saturated heterocycles. The summed E-state index contributed by atoms with van der Waals surface area (Å²) in [5, 5.41) is 6.31. The lowest BCUT2D eigenvalue weighted by Gasteiger charge is -2.22. The van der Waals surface area contributed by atoms with Crippen molar-refractivity contribution >= 4 is 24.0 Å². The lowest BCUT2D eigenvalue weighted by Crippen LogP contribution is -2.28. The first kappa shape index (κ1) is 20.1. The van der Waals surface area contributed by atoms with Gasteiger partial charge in [0, 0.05) is 24.5 Å². The van der Waals surface area contributed by atoms with Gasteiger partial charge in [-0.05, 0) is 62.0 Å². The standard InChI is InChI=1S/C19H24N4O2.ClH/c24-18(6-5-15-7-10-20-11-8-15)22-17-4-1-3-16(13-17)14-23-12-2-9-21-19(23)25;/h1-4,9,12-13,15,20H,5-8,10-11,14H2,(H,22,24);1H. The molecule has 0 aliphatic carbocycles. The highest BCUT2D eigenvalue weighted by molar-refractivity contribution is 5.90. The van der Waals surface area contributed by atoms with Crippen molar-refractivity contribution in [1.82, 2.24) is 14.9 Å². The molecule has 1 aromatic heterocycles. The van der Waals surface area contributed by atoms with Gasteiger partial charge >= 0.3 is 5.69 Å². The maximum atomic E-state index is 12.2. The molecular weight excluding hydrogens is 352 g/mol. The van der Waals surface area contributed by atoms with Crippen molar-refractivity contribution < 1.29 is 4.79 Å². The Hall–Kier alpha value is -2.18. The van der Waals surface area contributed by atoms with Crippen LogP contribution in [-0.2, 0) is 11.3 Å². The second-order valence-corrected chi connectivity index (χ2v) is 6.51. The highest BCUT2D eigenvalue weighted by Gasteiger charge is 2.14. The molecule has 2 N–H and O–H groups in total. The SMILES string of the molecule is Cl.O=C(CCC1CCNCC1)Nc1cccc(Cn2cccnc2=O)c1. The van der Waals surface area contributed by atoms with Crippen LogP contribution in [0.2, 0.25) is 0 Å². The quantitative estimate of drug-likeness (QED) is 0.811. The van der Waals surface area contributed by atoms with E-state index in [1.165, 1.54) is 10.8 Å². The Kier molecular flexibility index (Phi) is 7.81. The molecule has 0 spiro atoms. The normalized spacial score (nSPS) is 14.5. The predicted octanol–water partition coefficient (Wildman–Crippen LogP) is 2.43. The van der Waals surface area contributed by atoms with Crippen LogP contribution in [0.25, 0.3) is 0 Å². The summed E-state index contributed by atoms with van der Waals surface area (Å²) in [5.41, 5.74) is 1.44. The number of rotatable bonds is 6. The number of anilines is 1. The van der Waals surface area contributed by atoms with Crippen molar-refractivity contribution in [1.29, 1.82) is 0 Å². The van der Waals surface area contributed by atoms with Crippen LogP contribution in [0.3, 0.4) is 0 Å². The third kappa shape index (κ3) is 5.97. The first-order valence-corrected chi connectivity index (χ1v) is 8.82. The number of halogens is 1. The van der Waals surface area contributed by atoms with Crippen LogP contribution in [0.1, 0.15) is 31.2 Å². The summed E-state index contributed by atoms with van der Waals surface area (Å²) in [4.78, 5) is 27.6. The van der Waals surface area contributed by atoms with E-state index in [0.717, 1.165) is 43.6 Å². The first-order chi connectivity index (χ1) is 12.2. The summed E-state index contributed by atoms with van der Waals surface area (Å²) in [7, 11) is 0. The molecule has 140 valence electrons. The van der Waals surface area contributed by atoms with Crippen molar-refractivity contribution in [2.45, 2.75) is 32.2 Å². The molecule has 1 aliphatic rings. The number of benzene rings is 1. The second kappa shape index (κ2) is 10.1. The number of amides is 1. The van der Waals surface area contributed by atoms with E-state index in [1.54, 1.807) is 12.3 Å². The Bertz CT molecular complexity index is 772. The Morgan fingerprint density at radius 1 is 1.27 bits per heavy atom. The van der Waals surface area contributed by atoms with Gasteiger partial charge in [-0.1, -0.05) is 12.1 Å². The van der Waals surface area contributed by atoms with Gasteiger partial charge in [0.25, 0.3) is 0 Å². The van der Waals surface area contributed by atoms with E-state index in [9.17, 15) is 9.59 Å². The minimum atomic E-state index is -0.279. The van der Waals surface area contributed by atoms with E-state index >= 15 is 0 Å². The summed E-state index contributed by atoms with van der Waals surface area (Å²) in [6.07, 6.45) is 7.00. The van der Waals surface area contributed by atoms with Crippen LogP contribution < -0.4 is 16.3 Å². The minimum Gasteiger partial charge on any atom is -0.326 e. The van der Waals surface area contributed by atoms with Gasteiger partial charge in [0.1, 0.15) is 0 Å². The van der Waals surface area contributed by atoms with Crippen molar-refractivity contribution in [3.63, 3.8) is 0 Å². The van der Waals surface area contributed by atoms with Gasteiger partial charge in [-0.25, -0.2) is 9.78 Å². The summed E-state index contributed by atoms with van der Waals surface area (Å²) in [5.74, 6) is 0.699. The Morgan fingerprint density at radius 2 is 2.08 bits per heavy atom. The zero-order chi connectivity index (χ0) is 17.5. The third-order valence-electron chi connectivity index (χ3n) is 4.58. The third-order valence-corrected chi connectivity index (χ3v) is 4.58. The zero-order valence-electron chi connectivity index (χ0n) is 14.7. The van der Waals surface area contributed by atoms with Crippen molar-refractivity contribution in [2.24, 2.45) is 5.92 Å². The van der Waals surface area contributed by atoms with Crippen LogP contribution in [-0.4, -0.2) is 28.5 Å². The molecule has 0 radical (unpaired) electrons. The number of aromatic nitrogens is 2. The molecule has 0 saturated carbocycles. The molecule has 0 bridgehead atoms. The Labute approximate surface area is 159 Å². The zero-order valence-corrected chi connectivity index (χ0v) is 15.5. The molecule has 2 aromatic rings. The highest BCUT2D eigenvalue weighted by Crippen LogP contribution is 2.18. The van der Waals surface area contributed by atoms with Gasteiger partial charge in [-0.2, -0.15) is 0 Å². The number of hydrogen-bond donors (Lipinski definition) is 2. The molecule has 3 rings (SSSR count). The Morgan fingerprint density at radius 3 is 2.85 bits per heavy atom. The molecule has 0 unspecified atom stereocenters. The molecular formula is C19H25ClN4O2. The molecule has 0 atom stereocenters. The molecule has 1 amide bonds. The minimum absolute atomic E-state index is 0. The fraction of sp³-hybridized carbons (Fsp3) is 0.421. The number of piperidine rings is 1. The van der Waals surface area contributed by atoms with Crippen LogP contribution in [0.5, 0.6) is 0 Å². The summed E-state index contributed by atoms with van der Waals surface area (Å²) in [6, 6.07) is 9.33. The van der Waals surface area contributed by atoms with Crippen LogP contribution in [0.4, 0.5) is 5.69 Å². The number of nitrogens with zero attached hydrogens (tertiary/aromatic N) is 2. The average Bonchev–Trinajstić information content (AvgIpc) is 2.63. The van der Waals surface area contributed by atoms with Crippen LogP contribution in [0.15, 0.2) is 47.5 Å². The van der Waals surface area contributed by atoms with Gasteiger partial charge in [0.05, 0.1) is 6.54 Å². The van der Waals surface area contributed by atoms with Crippen molar-refractivity contribution in [3.8, 4) is 0 Å². The number of carbonyl (C=O) groups is 1. The van der Waals surface area contributed by atoms with E-state index in [2.05, 4.69) is 15.6 Å². The van der Waals surface area contributed by atoms with Crippen molar-refractivity contribution in [3.05, 3.63) is 58.8 Å². The molecule has 1 fully saturated rings. The summed E-state index contributed by atoms with van der Waals surface area (Å²) in [6.45, 7) is 2.55. The lowest BCUT2D eigenvalue weighted by atomic mass is 9.93. The second-order valence-electron chi connectivity index (χ2n) is 6.51. The Balaban J connectivity index is 0.00000243. The van der Waals surface area contributed by atoms with E-state index in [1.807, 2.05) is 24.3 Å². The molecule has 1 aromatic carbocycles. The lowest BCUT2D eigenvalue weighted by molar-refractivity contribution is -0.116. The maximum Gasteiger partial charge on any atom is 0.347 e. The average molecular weight is 377 g/mol. The van der Waals surface area contributed by atoms with Crippen LogP contribution in [0, 0.1) is 5.92 Å². The number of hydrogen-bond acceptors (Lipinski definition) is 4. The van der Waals surface area contributed by atoms with Gasteiger partial charge in [0.15, 0.2) is 0 Å². The van der Waals surface area contributed by atoms with Crippen molar-refractivity contribution in [2.75, 3.05) is 18.4 Å². The molecule has 6 nitrogen and oxygen atoms in total. The monoisotopic (exact) mass is 376 g/mol. The summed E-state index contributed by atoms with van der Waals surface area (Å²) >= 11 is 0. The molecule has 1 aliphatic heterocycles. The fourth-order valence-corrected chi connectivity index (χ4v) is 3.18. The van der Waals surface area contributed by atoms with Gasteiger partial charge < -0.3 is 10.6 Å².